The van der Waals surface area contributed by atoms with Crippen LogP contribution in [-0.4, -0.2) is 22.2 Å². The van der Waals surface area contributed by atoms with Gasteiger partial charge in [-0.1, -0.05) is 19.3 Å². The first-order valence-corrected chi connectivity index (χ1v) is 6.24. The number of nitrogen functional groups attached to an aromatic ring is 1. The molecule has 0 saturated heterocycles. The van der Waals surface area contributed by atoms with Gasteiger partial charge in [-0.25, -0.2) is 4.98 Å². The van der Waals surface area contributed by atoms with E-state index in [1.165, 1.54) is 6.42 Å². The number of aliphatic hydroxyl groups is 1. The average molecular weight is 246 g/mol. The molecule has 1 aromatic rings. The second-order valence-electron chi connectivity index (χ2n) is 4.86. The van der Waals surface area contributed by atoms with Gasteiger partial charge in [0.05, 0.1) is 23.4 Å². The van der Waals surface area contributed by atoms with Crippen LogP contribution in [0.4, 0.5) is 11.5 Å². The van der Waals surface area contributed by atoms with Gasteiger partial charge in [-0.05, 0) is 18.9 Å². The standard InChI is InChI=1S/C13H18N4O/c14-8-10-4-7-16-12(11(10)15)17-13(9-18)5-2-1-3-6-13/h4,7,18H,1-3,5-6,9,15H2,(H,16,17). The number of anilines is 2. The smallest absolute Gasteiger partial charge is 0.151 e. The van der Waals surface area contributed by atoms with Crippen molar-refractivity contribution in [2.24, 2.45) is 0 Å². The highest BCUT2D eigenvalue weighted by molar-refractivity contribution is 5.69. The van der Waals surface area contributed by atoms with Gasteiger partial charge in [-0.2, -0.15) is 5.26 Å². The summed E-state index contributed by atoms with van der Waals surface area (Å²) in [6, 6.07) is 3.63. The highest BCUT2D eigenvalue weighted by Gasteiger charge is 2.32. The zero-order valence-corrected chi connectivity index (χ0v) is 10.3. The van der Waals surface area contributed by atoms with Gasteiger partial charge < -0.3 is 16.2 Å². The Hall–Kier alpha value is -1.80. The summed E-state index contributed by atoms with van der Waals surface area (Å²) >= 11 is 0. The molecule has 18 heavy (non-hydrogen) atoms. The van der Waals surface area contributed by atoms with Crippen molar-refractivity contribution in [3.63, 3.8) is 0 Å². The molecule has 1 aliphatic carbocycles. The number of rotatable bonds is 3. The van der Waals surface area contributed by atoms with Gasteiger partial charge in [-0.15, -0.1) is 0 Å². The third-order valence-corrected chi connectivity index (χ3v) is 3.61. The van der Waals surface area contributed by atoms with Crippen LogP contribution in [0.3, 0.4) is 0 Å². The Balaban J connectivity index is 2.25. The Morgan fingerprint density at radius 3 is 2.78 bits per heavy atom. The van der Waals surface area contributed by atoms with E-state index in [1.54, 1.807) is 12.3 Å². The lowest BCUT2D eigenvalue weighted by molar-refractivity contribution is 0.172. The Bertz CT molecular complexity index is 461. The van der Waals surface area contributed by atoms with E-state index >= 15 is 0 Å². The molecule has 1 fully saturated rings. The number of nitriles is 1. The summed E-state index contributed by atoms with van der Waals surface area (Å²) in [6.45, 7) is 0.0604. The van der Waals surface area contributed by atoms with Crippen molar-refractivity contribution < 1.29 is 5.11 Å². The first-order chi connectivity index (χ1) is 8.71. The maximum Gasteiger partial charge on any atom is 0.151 e. The van der Waals surface area contributed by atoms with Crippen molar-refractivity contribution in [2.45, 2.75) is 37.6 Å². The molecular weight excluding hydrogens is 228 g/mol. The number of hydrogen-bond acceptors (Lipinski definition) is 5. The number of nitrogens with zero attached hydrogens (tertiary/aromatic N) is 2. The van der Waals surface area contributed by atoms with E-state index in [4.69, 9.17) is 11.0 Å². The van der Waals surface area contributed by atoms with Gasteiger partial charge in [0.2, 0.25) is 0 Å². The molecule has 4 N–H and O–H groups in total. The zero-order valence-electron chi connectivity index (χ0n) is 10.3. The van der Waals surface area contributed by atoms with Crippen molar-refractivity contribution in [1.29, 1.82) is 5.26 Å². The molecule has 1 aromatic heterocycles. The molecule has 0 radical (unpaired) electrons. The van der Waals surface area contributed by atoms with Crippen LogP contribution >= 0.6 is 0 Å². The van der Waals surface area contributed by atoms with Crippen LogP contribution in [0, 0.1) is 11.3 Å². The van der Waals surface area contributed by atoms with Gasteiger partial charge in [0.1, 0.15) is 6.07 Å². The number of nitrogens with two attached hydrogens (primary N) is 1. The maximum absolute atomic E-state index is 9.62. The Morgan fingerprint density at radius 1 is 1.44 bits per heavy atom. The molecule has 0 bridgehead atoms. The number of aliphatic hydroxyl groups excluding tert-OH is 1. The third-order valence-electron chi connectivity index (χ3n) is 3.61. The molecule has 0 aromatic carbocycles. The fourth-order valence-electron chi connectivity index (χ4n) is 2.47. The molecule has 0 spiro atoms. The minimum absolute atomic E-state index is 0.0604. The van der Waals surface area contributed by atoms with Crippen LogP contribution in [0.1, 0.15) is 37.7 Å². The van der Waals surface area contributed by atoms with Crippen molar-refractivity contribution in [3.8, 4) is 6.07 Å². The van der Waals surface area contributed by atoms with E-state index in [9.17, 15) is 5.11 Å². The van der Waals surface area contributed by atoms with Crippen LogP contribution < -0.4 is 11.1 Å². The van der Waals surface area contributed by atoms with Crippen LogP contribution in [0.5, 0.6) is 0 Å². The number of nitrogens with one attached hydrogen (secondary N) is 1. The first kappa shape index (κ1) is 12.7. The lowest BCUT2D eigenvalue weighted by Crippen LogP contribution is -2.44. The monoisotopic (exact) mass is 246 g/mol. The van der Waals surface area contributed by atoms with Crippen molar-refractivity contribution in [1.82, 2.24) is 4.98 Å². The van der Waals surface area contributed by atoms with E-state index in [-0.39, 0.29) is 12.1 Å². The van der Waals surface area contributed by atoms with E-state index in [0.717, 1.165) is 25.7 Å². The Kier molecular flexibility index (Phi) is 3.68. The van der Waals surface area contributed by atoms with Gasteiger partial charge in [0.15, 0.2) is 5.82 Å². The largest absolute Gasteiger partial charge is 0.395 e. The quantitative estimate of drug-likeness (QED) is 0.753. The summed E-state index contributed by atoms with van der Waals surface area (Å²) in [5.41, 5.74) is 6.33. The third kappa shape index (κ3) is 2.39. The van der Waals surface area contributed by atoms with E-state index in [2.05, 4.69) is 10.3 Å². The Morgan fingerprint density at radius 2 is 2.17 bits per heavy atom. The normalized spacial score (nSPS) is 18.0. The summed E-state index contributed by atoms with van der Waals surface area (Å²) in [7, 11) is 0. The van der Waals surface area contributed by atoms with Crippen molar-refractivity contribution >= 4 is 11.5 Å². The van der Waals surface area contributed by atoms with Crippen LogP contribution in [0.2, 0.25) is 0 Å². The zero-order chi connectivity index (χ0) is 13.0. The molecule has 0 aliphatic heterocycles. The lowest BCUT2D eigenvalue weighted by Gasteiger charge is -2.37. The van der Waals surface area contributed by atoms with Gasteiger partial charge in [-0.3, -0.25) is 0 Å². The molecule has 1 heterocycles. The predicted octanol–water partition coefficient (Wildman–Crippen LogP) is 1.64. The van der Waals surface area contributed by atoms with Crippen molar-refractivity contribution in [2.75, 3.05) is 17.7 Å². The summed E-state index contributed by atoms with van der Waals surface area (Å²) in [5.74, 6) is 0.505. The van der Waals surface area contributed by atoms with Gasteiger partial charge in [0, 0.05) is 6.20 Å². The average Bonchev–Trinajstić information content (AvgIpc) is 2.42. The maximum atomic E-state index is 9.62. The second kappa shape index (κ2) is 5.23. The lowest BCUT2D eigenvalue weighted by atomic mass is 9.82. The number of pyridine rings is 1. The highest BCUT2D eigenvalue weighted by atomic mass is 16.3. The molecular formula is C13H18N4O. The molecule has 1 saturated carbocycles. The summed E-state index contributed by atoms with van der Waals surface area (Å²) in [4.78, 5) is 4.18. The molecule has 0 unspecified atom stereocenters. The predicted molar refractivity (Wildman–Crippen MR) is 69.9 cm³/mol. The molecule has 96 valence electrons. The highest BCUT2D eigenvalue weighted by Crippen LogP contribution is 2.32. The fourth-order valence-corrected chi connectivity index (χ4v) is 2.47. The SMILES string of the molecule is N#Cc1ccnc(NC2(CO)CCCCC2)c1N. The van der Waals surface area contributed by atoms with E-state index < -0.39 is 0 Å². The van der Waals surface area contributed by atoms with E-state index in [0.29, 0.717) is 17.1 Å². The second-order valence-corrected chi connectivity index (χ2v) is 4.86. The van der Waals surface area contributed by atoms with Crippen LogP contribution in [-0.2, 0) is 0 Å². The molecule has 0 atom stereocenters. The van der Waals surface area contributed by atoms with Gasteiger partial charge >= 0.3 is 0 Å². The molecule has 5 heteroatoms. The summed E-state index contributed by atoms with van der Waals surface area (Å²) in [6.07, 6.45) is 6.75. The van der Waals surface area contributed by atoms with Crippen LogP contribution in [0.15, 0.2) is 12.3 Å². The van der Waals surface area contributed by atoms with Crippen LogP contribution in [0.25, 0.3) is 0 Å². The topological polar surface area (TPSA) is 95.0 Å². The Labute approximate surface area is 107 Å². The minimum atomic E-state index is -0.340. The van der Waals surface area contributed by atoms with Gasteiger partial charge in [0.25, 0.3) is 0 Å². The summed E-state index contributed by atoms with van der Waals surface area (Å²) < 4.78 is 0. The van der Waals surface area contributed by atoms with Crippen molar-refractivity contribution in [3.05, 3.63) is 17.8 Å². The summed E-state index contributed by atoms with van der Waals surface area (Å²) in [5, 5.41) is 21.8. The molecule has 0 amide bonds. The number of aromatic nitrogens is 1. The first-order valence-electron chi connectivity index (χ1n) is 6.24. The van der Waals surface area contributed by atoms with E-state index in [1.807, 2.05) is 6.07 Å². The molecule has 2 rings (SSSR count). The minimum Gasteiger partial charge on any atom is -0.395 e. The molecule has 5 nitrogen and oxygen atoms in total. The molecule has 1 aliphatic rings. The number of hydrogen-bond donors (Lipinski definition) is 3. The fraction of sp³-hybridized carbons (Fsp3) is 0.538.